The third kappa shape index (κ3) is 5.00. The Hall–Kier alpha value is -3.05. The number of likely N-dealkylation sites (tertiary alicyclic amines) is 1. The van der Waals surface area contributed by atoms with Crippen molar-refractivity contribution in [3.63, 3.8) is 0 Å². The van der Waals surface area contributed by atoms with Gasteiger partial charge in [-0.05, 0) is 67.0 Å². The fraction of sp³-hybridized carbons (Fsp3) is 0.280. The summed E-state index contributed by atoms with van der Waals surface area (Å²) in [5.41, 5.74) is 2.51. The van der Waals surface area contributed by atoms with Crippen molar-refractivity contribution in [3.8, 4) is 11.5 Å². The molecule has 2 aromatic carbocycles. The molecule has 1 amide bonds. The van der Waals surface area contributed by atoms with Crippen LogP contribution in [-0.4, -0.2) is 43.4 Å². The summed E-state index contributed by atoms with van der Waals surface area (Å²) >= 11 is 6.05. The van der Waals surface area contributed by atoms with Crippen molar-refractivity contribution >= 4 is 29.4 Å². The van der Waals surface area contributed by atoms with Gasteiger partial charge in [0.15, 0.2) is 5.78 Å². The number of nitrogens with zero attached hydrogens (tertiary/aromatic N) is 1. The number of fused-ring (bicyclic) bond motifs is 1. The Morgan fingerprint density at radius 3 is 2.58 bits per heavy atom. The second-order valence-corrected chi connectivity index (χ2v) is 8.15. The molecule has 31 heavy (non-hydrogen) atoms. The highest BCUT2D eigenvalue weighted by Crippen LogP contribution is 2.29. The van der Waals surface area contributed by atoms with Crippen molar-refractivity contribution in [2.75, 3.05) is 26.8 Å². The quantitative estimate of drug-likeness (QED) is 0.498. The van der Waals surface area contributed by atoms with Crippen molar-refractivity contribution < 1.29 is 19.1 Å². The van der Waals surface area contributed by atoms with E-state index in [0.717, 1.165) is 22.6 Å². The van der Waals surface area contributed by atoms with Gasteiger partial charge < -0.3 is 14.4 Å². The minimum Gasteiger partial charge on any atom is -0.497 e. The number of amides is 1. The van der Waals surface area contributed by atoms with Crippen molar-refractivity contribution in [1.29, 1.82) is 0 Å². The summed E-state index contributed by atoms with van der Waals surface area (Å²) in [6, 6.07) is 12.7. The van der Waals surface area contributed by atoms with E-state index in [1.165, 1.54) is 0 Å². The molecule has 0 unspecified atom stereocenters. The van der Waals surface area contributed by atoms with E-state index in [2.05, 4.69) is 0 Å². The number of hydrogen-bond acceptors (Lipinski definition) is 4. The molecule has 4 rings (SSSR count). The number of halogens is 1. The average molecular weight is 438 g/mol. The summed E-state index contributed by atoms with van der Waals surface area (Å²) in [5.74, 6) is 1.54. The molecule has 0 bridgehead atoms. The highest BCUT2D eigenvalue weighted by molar-refractivity contribution is 6.30. The second-order valence-electron chi connectivity index (χ2n) is 7.72. The maximum absolute atomic E-state index is 12.7. The molecule has 2 heterocycles. The summed E-state index contributed by atoms with van der Waals surface area (Å²) in [7, 11) is 1.60. The number of rotatable bonds is 5. The van der Waals surface area contributed by atoms with Crippen LogP contribution in [0.3, 0.4) is 0 Å². The van der Waals surface area contributed by atoms with Gasteiger partial charge in [0, 0.05) is 41.2 Å². The topological polar surface area (TPSA) is 55.8 Å². The van der Waals surface area contributed by atoms with Crippen LogP contribution in [0.1, 0.15) is 28.8 Å². The molecule has 0 N–H and O–H groups in total. The third-order valence-corrected chi connectivity index (χ3v) is 5.93. The standard InChI is InChI=1S/C25H24ClNO4/c1-30-22-6-3-18(4-7-22)25(29)19-10-12-27(13-11-19)24(28)9-2-17-14-20-15-21(26)5-8-23(20)31-16-17/h2-9,14-15,19H,10-13,16H2,1H3/b9-2+. The summed E-state index contributed by atoms with van der Waals surface area (Å²) in [6.07, 6.45) is 6.69. The Balaban J connectivity index is 1.32. The molecule has 5 nitrogen and oxygen atoms in total. The van der Waals surface area contributed by atoms with E-state index < -0.39 is 0 Å². The molecule has 2 aliphatic rings. The van der Waals surface area contributed by atoms with Crippen LogP contribution in [0.4, 0.5) is 0 Å². The molecule has 0 radical (unpaired) electrons. The lowest BCUT2D eigenvalue weighted by molar-refractivity contribution is -0.127. The number of Topliss-reactive ketones (excluding diaryl/α,β-unsaturated/α-hetero) is 1. The average Bonchev–Trinajstić information content (AvgIpc) is 2.82. The molecule has 1 saturated heterocycles. The van der Waals surface area contributed by atoms with Crippen LogP contribution in [0, 0.1) is 5.92 Å². The Kier molecular flexibility index (Phi) is 6.42. The Morgan fingerprint density at radius 1 is 1.13 bits per heavy atom. The van der Waals surface area contributed by atoms with Gasteiger partial charge >= 0.3 is 0 Å². The maximum atomic E-state index is 12.7. The monoisotopic (exact) mass is 437 g/mol. The lowest BCUT2D eigenvalue weighted by Gasteiger charge is -2.30. The van der Waals surface area contributed by atoms with Gasteiger partial charge in [-0.15, -0.1) is 0 Å². The molecule has 2 aromatic rings. The predicted molar refractivity (Wildman–Crippen MR) is 121 cm³/mol. The number of benzene rings is 2. The lowest BCUT2D eigenvalue weighted by Crippen LogP contribution is -2.39. The fourth-order valence-corrected chi connectivity index (χ4v) is 4.08. The van der Waals surface area contributed by atoms with Crippen molar-refractivity contribution in [1.82, 2.24) is 4.90 Å². The fourth-order valence-electron chi connectivity index (χ4n) is 3.90. The van der Waals surface area contributed by atoms with Crippen LogP contribution in [0.5, 0.6) is 11.5 Å². The van der Waals surface area contributed by atoms with Crippen LogP contribution >= 0.6 is 11.6 Å². The van der Waals surface area contributed by atoms with E-state index in [9.17, 15) is 9.59 Å². The van der Waals surface area contributed by atoms with Gasteiger partial charge in [0.2, 0.25) is 5.91 Å². The first-order valence-electron chi connectivity index (χ1n) is 10.3. The van der Waals surface area contributed by atoms with Gasteiger partial charge in [0.25, 0.3) is 0 Å². The molecular weight excluding hydrogens is 414 g/mol. The largest absolute Gasteiger partial charge is 0.497 e. The number of hydrogen-bond donors (Lipinski definition) is 0. The van der Waals surface area contributed by atoms with Crippen LogP contribution in [0.25, 0.3) is 6.08 Å². The predicted octanol–water partition coefficient (Wildman–Crippen LogP) is 4.80. The van der Waals surface area contributed by atoms with E-state index in [1.54, 1.807) is 54.5 Å². The number of methoxy groups -OCH3 is 1. The van der Waals surface area contributed by atoms with E-state index in [1.807, 2.05) is 18.2 Å². The van der Waals surface area contributed by atoms with Crippen LogP contribution in [0.15, 0.2) is 60.2 Å². The van der Waals surface area contributed by atoms with E-state index in [-0.39, 0.29) is 17.6 Å². The number of piperidine rings is 1. The molecule has 0 aliphatic carbocycles. The molecule has 1 fully saturated rings. The molecule has 0 aromatic heterocycles. The SMILES string of the molecule is COc1ccc(C(=O)C2CCN(C(=O)/C=C/C3=Cc4cc(Cl)ccc4OC3)CC2)cc1. The van der Waals surface area contributed by atoms with E-state index in [0.29, 0.717) is 43.1 Å². The third-order valence-electron chi connectivity index (χ3n) is 5.70. The van der Waals surface area contributed by atoms with Gasteiger partial charge in [-0.1, -0.05) is 17.7 Å². The molecule has 0 atom stereocenters. The number of ether oxygens (including phenoxy) is 2. The zero-order valence-corrected chi connectivity index (χ0v) is 18.1. The zero-order chi connectivity index (χ0) is 21.8. The minimum absolute atomic E-state index is 0.0480. The number of ketones is 1. The van der Waals surface area contributed by atoms with Crippen molar-refractivity contribution in [2.24, 2.45) is 5.92 Å². The summed E-state index contributed by atoms with van der Waals surface area (Å²) in [5, 5.41) is 0.645. The molecule has 160 valence electrons. The van der Waals surface area contributed by atoms with E-state index >= 15 is 0 Å². The van der Waals surface area contributed by atoms with Gasteiger partial charge in [-0.3, -0.25) is 9.59 Å². The van der Waals surface area contributed by atoms with Gasteiger partial charge in [-0.25, -0.2) is 0 Å². The Morgan fingerprint density at radius 2 is 1.87 bits per heavy atom. The summed E-state index contributed by atoms with van der Waals surface area (Å²) in [6.45, 7) is 1.56. The Labute approximate surface area is 186 Å². The highest BCUT2D eigenvalue weighted by atomic mass is 35.5. The van der Waals surface area contributed by atoms with Gasteiger partial charge in [0.05, 0.1) is 7.11 Å². The van der Waals surface area contributed by atoms with Crippen molar-refractivity contribution in [3.05, 3.63) is 76.3 Å². The molecule has 0 spiro atoms. The normalized spacial score (nSPS) is 16.5. The maximum Gasteiger partial charge on any atom is 0.246 e. The molecule has 2 aliphatic heterocycles. The number of carbonyl (C=O) groups is 2. The first kappa shape index (κ1) is 21.2. The van der Waals surface area contributed by atoms with Crippen LogP contribution in [-0.2, 0) is 4.79 Å². The van der Waals surface area contributed by atoms with Gasteiger partial charge in [0.1, 0.15) is 18.1 Å². The minimum atomic E-state index is -0.0582. The first-order valence-corrected chi connectivity index (χ1v) is 10.7. The van der Waals surface area contributed by atoms with Crippen LogP contribution in [0.2, 0.25) is 5.02 Å². The molecular formula is C25H24ClNO4. The number of carbonyl (C=O) groups excluding carboxylic acids is 2. The lowest BCUT2D eigenvalue weighted by atomic mass is 9.89. The molecule has 6 heteroatoms. The van der Waals surface area contributed by atoms with Crippen molar-refractivity contribution in [2.45, 2.75) is 12.8 Å². The highest BCUT2D eigenvalue weighted by Gasteiger charge is 2.27. The van der Waals surface area contributed by atoms with Gasteiger partial charge in [-0.2, -0.15) is 0 Å². The smallest absolute Gasteiger partial charge is 0.246 e. The first-order chi connectivity index (χ1) is 15.0. The summed E-state index contributed by atoms with van der Waals surface area (Å²) in [4.78, 5) is 27.1. The van der Waals surface area contributed by atoms with Crippen LogP contribution < -0.4 is 9.47 Å². The zero-order valence-electron chi connectivity index (χ0n) is 17.3. The second kappa shape index (κ2) is 9.40. The summed E-state index contributed by atoms with van der Waals surface area (Å²) < 4.78 is 10.9. The van der Waals surface area contributed by atoms with E-state index in [4.69, 9.17) is 21.1 Å². The Bertz CT molecular complexity index is 1030. The molecule has 0 saturated carbocycles.